The Hall–Kier alpha value is -0.650. The van der Waals surface area contributed by atoms with Gasteiger partial charge in [0.15, 0.2) is 0 Å². The first-order valence-corrected chi connectivity index (χ1v) is 12.4. The van der Waals surface area contributed by atoms with Gasteiger partial charge < -0.3 is 20.0 Å². The monoisotopic (exact) mass is 420 g/mol. The van der Waals surface area contributed by atoms with Gasteiger partial charge >= 0.3 is 0 Å². The van der Waals surface area contributed by atoms with Crippen LogP contribution < -0.4 is 0 Å². The molecule has 4 fully saturated rings. The highest BCUT2D eigenvalue weighted by Crippen LogP contribution is 2.69. The van der Waals surface area contributed by atoms with Crippen LogP contribution >= 0.6 is 0 Å². The lowest BCUT2D eigenvalue weighted by atomic mass is 9.43. The molecule has 4 rings (SSSR count). The van der Waals surface area contributed by atoms with E-state index in [1.807, 2.05) is 20.3 Å². The number of aliphatic hydroxyl groups excluding tert-OH is 1. The minimum absolute atomic E-state index is 0.0127. The Morgan fingerprint density at radius 3 is 2.60 bits per heavy atom. The predicted octanol–water partition coefficient (Wildman–Crippen LogP) is 4.08. The van der Waals surface area contributed by atoms with E-state index in [1.165, 1.54) is 12.8 Å². The van der Waals surface area contributed by atoms with Crippen molar-refractivity contribution in [2.45, 2.75) is 89.8 Å². The Morgan fingerprint density at radius 2 is 1.83 bits per heavy atom. The van der Waals surface area contributed by atoms with E-state index < -0.39 is 5.60 Å². The maximum absolute atomic E-state index is 12.2. The fourth-order valence-electron chi connectivity index (χ4n) is 8.19. The maximum Gasteiger partial charge on any atom is 0.129 e. The summed E-state index contributed by atoms with van der Waals surface area (Å²) < 4.78 is 0. The smallest absolute Gasteiger partial charge is 0.129 e. The van der Waals surface area contributed by atoms with Gasteiger partial charge in [0, 0.05) is 12.8 Å². The van der Waals surface area contributed by atoms with Gasteiger partial charge in [0.25, 0.3) is 0 Å². The SMILES string of the molecule is CN(C)CCO/N=C\CC1CC[C@@]2(O)[C@@H]3CCC4CC(O)CC[C@]4(C)[C@@H]3CC[C@]12C. The van der Waals surface area contributed by atoms with Crippen LogP contribution in [0.3, 0.4) is 0 Å². The zero-order chi connectivity index (χ0) is 21.6. The molecule has 0 heterocycles. The first-order valence-electron chi connectivity index (χ1n) is 12.4. The van der Waals surface area contributed by atoms with Crippen LogP contribution in [-0.4, -0.2) is 60.3 Å². The highest BCUT2D eigenvalue weighted by Gasteiger charge is 2.66. The molecule has 0 radical (unpaired) electrons. The summed E-state index contributed by atoms with van der Waals surface area (Å²) in [7, 11) is 4.07. The molecule has 4 saturated carbocycles. The van der Waals surface area contributed by atoms with Crippen molar-refractivity contribution in [3.05, 3.63) is 0 Å². The standard InChI is InChI=1S/C25H44N2O3/c1-23-11-8-20(28)17-19(23)5-6-22-21(23)9-12-24(2)18(7-13-25(22,24)29)10-14-26-30-16-15-27(3)4/h14,18-22,28-29H,5-13,15-17H2,1-4H3/b26-14-/t18?,19?,20?,21-,22-,23+,24-,25-/m1/s1. The van der Waals surface area contributed by atoms with Crippen LogP contribution in [0.2, 0.25) is 0 Å². The van der Waals surface area contributed by atoms with Crippen molar-refractivity contribution in [1.82, 2.24) is 4.90 Å². The van der Waals surface area contributed by atoms with Crippen LogP contribution in [0.15, 0.2) is 5.16 Å². The third-order valence-corrected chi connectivity index (χ3v) is 10.2. The van der Waals surface area contributed by atoms with Crippen molar-refractivity contribution in [1.29, 1.82) is 0 Å². The topological polar surface area (TPSA) is 65.3 Å². The van der Waals surface area contributed by atoms with Crippen molar-refractivity contribution in [3.63, 3.8) is 0 Å². The molecule has 8 atom stereocenters. The summed E-state index contributed by atoms with van der Waals surface area (Å²) in [5.41, 5.74) is -0.246. The Kier molecular flexibility index (Phi) is 6.29. The fourth-order valence-corrected chi connectivity index (χ4v) is 8.19. The summed E-state index contributed by atoms with van der Waals surface area (Å²) in [6.45, 7) is 6.34. The van der Waals surface area contributed by atoms with Gasteiger partial charge in [-0.3, -0.25) is 0 Å². The number of rotatable bonds is 6. The molecule has 0 spiro atoms. The lowest BCUT2D eigenvalue weighted by Gasteiger charge is -2.63. The van der Waals surface area contributed by atoms with E-state index in [-0.39, 0.29) is 11.5 Å². The van der Waals surface area contributed by atoms with Crippen molar-refractivity contribution in [2.75, 3.05) is 27.2 Å². The van der Waals surface area contributed by atoms with Gasteiger partial charge in [-0.2, -0.15) is 0 Å². The number of likely N-dealkylation sites (N-methyl/N-ethyl adjacent to an activating group) is 1. The van der Waals surface area contributed by atoms with E-state index in [9.17, 15) is 10.2 Å². The molecule has 0 bridgehead atoms. The molecule has 30 heavy (non-hydrogen) atoms. The minimum Gasteiger partial charge on any atom is -0.395 e. The van der Waals surface area contributed by atoms with E-state index in [0.29, 0.717) is 35.7 Å². The van der Waals surface area contributed by atoms with Crippen LogP contribution in [0.4, 0.5) is 0 Å². The summed E-state index contributed by atoms with van der Waals surface area (Å²) >= 11 is 0. The first kappa shape index (κ1) is 22.5. The molecule has 4 aliphatic rings. The van der Waals surface area contributed by atoms with Crippen LogP contribution in [0, 0.1) is 34.5 Å². The van der Waals surface area contributed by atoms with Gasteiger partial charge in [-0.1, -0.05) is 19.0 Å². The summed E-state index contributed by atoms with van der Waals surface area (Å²) in [6.07, 6.45) is 12.5. The summed E-state index contributed by atoms with van der Waals surface area (Å²) in [5.74, 6) is 2.16. The third kappa shape index (κ3) is 3.63. The largest absolute Gasteiger partial charge is 0.395 e. The zero-order valence-electron chi connectivity index (χ0n) is 19.6. The molecule has 0 aliphatic heterocycles. The van der Waals surface area contributed by atoms with Crippen molar-refractivity contribution in [2.24, 2.45) is 39.7 Å². The number of aliphatic hydroxyl groups is 2. The molecule has 3 unspecified atom stereocenters. The predicted molar refractivity (Wildman–Crippen MR) is 120 cm³/mol. The number of hydrogen-bond acceptors (Lipinski definition) is 5. The number of hydrogen-bond donors (Lipinski definition) is 2. The van der Waals surface area contributed by atoms with Crippen LogP contribution in [0.25, 0.3) is 0 Å². The molecular formula is C25H44N2O3. The molecule has 2 N–H and O–H groups in total. The van der Waals surface area contributed by atoms with E-state index >= 15 is 0 Å². The van der Waals surface area contributed by atoms with Gasteiger partial charge in [-0.25, -0.2) is 0 Å². The second-order valence-corrected chi connectivity index (χ2v) is 11.7. The van der Waals surface area contributed by atoms with Gasteiger partial charge in [0.05, 0.1) is 11.7 Å². The fraction of sp³-hybridized carbons (Fsp3) is 0.960. The van der Waals surface area contributed by atoms with Gasteiger partial charge in [-0.05, 0) is 113 Å². The summed E-state index contributed by atoms with van der Waals surface area (Å²) in [6, 6.07) is 0. The lowest BCUT2D eigenvalue weighted by Crippen LogP contribution is -2.62. The molecule has 5 nitrogen and oxygen atoms in total. The second kappa shape index (κ2) is 8.37. The molecule has 0 aromatic carbocycles. The third-order valence-electron chi connectivity index (χ3n) is 10.2. The maximum atomic E-state index is 12.2. The van der Waals surface area contributed by atoms with Crippen LogP contribution in [-0.2, 0) is 4.84 Å². The van der Waals surface area contributed by atoms with E-state index in [2.05, 4.69) is 23.9 Å². The minimum atomic E-state index is -0.537. The number of nitrogens with zero attached hydrogens (tertiary/aromatic N) is 2. The van der Waals surface area contributed by atoms with Crippen molar-refractivity contribution < 1.29 is 15.1 Å². The van der Waals surface area contributed by atoms with Crippen LogP contribution in [0.1, 0.15) is 78.1 Å². The molecular weight excluding hydrogens is 376 g/mol. The quantitative estimate of drug-likeness (QED) is 0.386. The van der Waals surface area contributed by atoms with Gasteiger partial charge in [0.1, 0.15) is 6.61 Å². The normalized spacial score (nSPS) is 48.4. The second-order valence-electron chi connectivity index (χ2n) is 11.7. The molecule has 5 heteroatoms. The van der Waals surface area contributed by atoms with Gasteiger partial charge in [0.2, 0.25) is 0 Å². The molecule has 4 aliphatic carbocycles. The highest BCUT2D eigenvalue weighted by atomic mass is 16.6. The van der Waals surface area contributed by atoms with Crippen molar-refractivity contribution in [3.8, 4) is 0 Å². The average Bonchev–Trinajstić information content (AvgIpc) is 2.96. The number of oxime groups is 1. The summed E-state index contributed by atoms with van der Waals surface area (Å²) in [4.78, 5) is 7.50. The molecule has 172 valence electrons. The van der Waals surface area contributed by atoms with E-state index in [1.54, 1.807) is 0 Å². The van der Waals surface area contributed by atoms with Crippen molar-refractivity contribution >= 4 is 6.21 Å². The van der Waals surface area contributed by atoms with E-state index in [4.69, 9.17) is 4.84 Å². The summed E-state index contributed by atoms with van der Waals surface area (Å²) in [5, 5.41) is 26.6. The van der Waals surface area contributed by atoms with E-state index in [0.717, 1.165) is 57.9 Å². The Labute approximate surface area is 183 Å². The highest BCUT2D eigenvalue weighted by molar-refractivity contribution is 5.57. The number of fused-ring (bicyclic) bond motifs is 5. The lowest BCUT2D eigenvalue weighted by molar-refractivity contribution is -0.209. The molecule has 0 saturated heterocycles. The molecule has 0 amide bonds. The zero-order valence-corrected chi connectivity index (χ0v) is 19.6. The first-order chi connectivity index (χ1) is 14.2. The molecule has 0 aromatic heterocycles. The van der Waals surface area contributed by atoms with Crippen LogP contribution in [0.5, 0.6) is 0 Å². The average molecular weight is 421 g/mol. The molecule has 0 aromatic rings. The Morgan fingerprint density at radius 1 is 1.03 bits per heavy atom. The van der Waals surface area contributed by atoms with Gasteiger partial charge in [-0.15, -0.1) is 0 Å². The Balaban J connectivity index is 1.43. The Bertz CT molecular complexity index is 640.